The Morgan fingerprint density at radius 1 is 0.667 bits per heavy atom. The molecule has 0 saturated heterocycles. The first kappa shape index (κ1) is 54.9. The first-order valence-electron chi connectivity index (χ1n) is 20.6. The largest absolute Gasteiger partial charge is 0.481 e. The highest BCUT2D eigenvalue weighted by atomic mass is 16.4. The van der Waals surface area contributed by atoms with Crippen LogP contribution in [0.2, 0.25) is 0 Å². The number of nitrogens with one attached hydrogen (secondary N) is 9. The molecule has 0 aliphatic rings. The number of imidazole rings is 2. The van der Waals surface area contributed by atoms with Gasteiger partial charge in [0.15, 0.2) is 5.96 Å². The van der Waals surface area contributed by atoms with E-state index in [1.165, 1.54) is 38.9 Å². The molecule has 28 nitrogen and oxygen atoms in total. The number of carbonyl (C=O) groups excluding carboxylic acids is 7. The van der Waals surface area contributed by atoms with Gasteiger partial charge >= 0.3 is 11.9 Å². The van der Waals surface area contributed by atoms with Gasteiger partial charge in [-0.25, -0.2) is 14.8 Å². The molecule has 2 rings (SSSR count). The number of amides is 7. The maximum atomic E-state index is 13.9. The topological polar surface area (TPSA) is 467 Å². The lowest BCUT2D eigenvalue weighted by atomic mass is 10.0. The molecule has 2 heterocycles. The van der Waals surface area contributed by atoms with Crippen molar-refractivity contribution in [1.29, 1.82) is 0 Å². The van der Waals surface area contributed by atoms with Gasteiger partial charge in [-0.2, -0.15) is 0 Å². The summed E-state index contributed by atoms with van der Waals surface area (Å²) in [6.07, 6.45) is 2.56. The number of guanidine groups is 1. The Bertz CT molecular complexity index is 1970. The van der Waals surface area contributed by atoms with Crippen molar-refractivity contribution in [2.45, 2.75) is 121 Å². The van der Waals surface area contributed by atoms with Crippen molar-refractivity contribution >= 4 is 59.2 Å². The van der Waals surface area contributed by atoms with Crippen LogP contribution in [0, 0.1) is 5.92 Å². The number of aromatic nitrogens is 4. The Kier molecular flexibility index (Phi) is 22.6. The van der Waals surface area contributed by atoms with Gasteiger partial charge in [0.2, 0.25) is 41.4 Å². The third-order valence-corrected chi connectivity index (χ3v) is 9.49. The minimum Gasteiger partial charge on any atom is -0.481 e. The second kappa shape index (κ2) is 27.2. The van der Waals surface area contributed by atoms with E-state index in [9.17, 15) is 58.5 Å². The summed E-state index contributed by atoms with van der Waals surface area (Å²) < 4.78 is 0. The normalized spacial score (nSPS) is 15.2. The molecule has 2 aromatic heterocycles. The summed E-state index contributed by atoms with van der Waals surface area (Å²) >= 11 is 0. The highest BCUT2D eigenvalue weighted by Crippen LogP contribution is 2.10. The van der Waals surface area contributed by atoms with Crippen molar-refractivity contribution in [3.05, 3.63) is 36.4 Å². The van der Waals surface area contributed by atoms with Crippen LogP contribution in [-0.4, -0.2) is 167 Å². The van der Waals surface area contributed by atoms with Crippen LogP contribution < -0.4 is 54.4 Å². The minimum atomic E-state index is -1.73. The monoisotopic (exact) mass is 935 g/mol. The first-order valence-corrected chi connectivity index (χ1v) is 20.6. The highest BCUT2D eigenvalue weighted by molar-refractivity contribution is 5.98. The number of aromatic amines is 2. The van der Waals surface area contributed by atoms with Gasteiger partial charge < -0.3 is 84.8 Å². The third-order valence-electron chi connectivity index (χ3n) is 9.49. The Labute approximate surface area is 377 Å². The molecule has 0 fully saturated rings. The molecule has 9 atom stereocenters. The number of hydrogen-bond donors (Lipinski definition) is 16. The molecule has 0 radical (unpaired) electrons. The summed E-state index contributed by atoms with van der Waals surface area (Å²) in [4.78, 5) is 134. The van der Waals surface area contributed by atoms with Crippen LogP contribution in [0.4, 0.5) is 0 Å². The molecule has 366 valence electrons. The van der Waals surface area contributed by atoms with E-state index in [0.29, 0.717) is 11.4 Å². The van der Waals surface area contributed by atoms with Crippen LogP contribution in [0.5, 0.6) is 0 Å². The van der Waals surface area contributed by atoms with Crippen molar-refractivity contribution in [2.24, 2.45) is 28.1 Å². The van der Waals surface area contributed by atoms with Crippen LogP contribution in [0.3, 0.4) is 0 Å². The molecule has 0 spiro atoms. The molecule has 0 saturated carbocycles. The highest BCUT2D eigenvalue weighted by Gasteiger charge is 2.35. The van der Waals surface area contributed by atoms with Crippen molar-refractivity contribution in [1.82, 2.24) is 57.2 Å². The average Bonchev–Trinajstić information content (AvgIpc) is 3.96. The predicted octanol–water partition coefficient (Wildman–Crippen LogP) is -6.31. The number of carboxylic acid groups (broad SMARTS) is 2. The fourth-order valence-corrected chi connectivity index (χ4v) is 6.01. The Hall–Kier alpha value is -7.20. The number of aliphatic carboxylic acids is 2. The van der Waals surface area contributed by atoms with Gasteiger partial charge in [0.05, 0.1) is 37.8 Å². The zero-order valence-corrected chi connectivity index (χ0v) is 36.8. The second-order valence-electron chi connectivity index (χ2n) is 15.6. The van der Waals surface area contributed by atoms with Gasteiger partial charge in [0, 0.05) is 43.2 Å². The molecule has 2 aromatic rings. The molecule has 28 heteroatoms. The lowest BCUT2D eigenvalue weighted by Crippen LogP contribution is -2.62. The number of aliphatic imine (C=N–C) groups is 1. The van der Waals surface area contributed by atoms with Gasteiger partial charge in [0.25, 0.3) is 0 Å². The van der Waals surface area contributed by atoms with E-state index in [1.54, 1.807) is 13.8 Å². The third kappa shape index (κ3) is 19.3. The van der Waals surface area contributed by atoms with Crippen molar-refractivity contribution in [2.75, 3.05) is 13.2 Å². The van der Waals surface area contributed by atoms with E-state index in [4.69, 9.17) is 22.3 Å². The number of aliphatic hydroxyl groups is 2. The minimum absolute atomic E-state index is 0.0258. The molecule has 0 aromatic carbocycles. The Morgan fingerprint density at radius 3 is 1.67 bits per heavy atom. The molecule has 0 unspecified atom stereocenters. The zero-order valence-electron chi connectivity index (χ0n) is 36.8. The zero-order chi connectivity index (χ0) is 49.7. The van der Waals surface area contributed by atoms with Crippen molar-refractivity contribution < 1.29 is 63.6 Å². The molecular formula is C38H61N15O13. The molecule has 7 amide bonds. The van der Waals surface area contributed by atoms with E-state index in [1.807, 2.05) is 0 Å². The standard InChI is InChI=1S/C38H61N15O13/c1-17(2)8-24(50-33(61)25(9-20-12-42-15-45-20)49-30(58)18(3)47-35(63)27(14-54)52-31(59)22(39)11-28(56)57)34(62)53-29(19(4)55)36(64)48-23(6-5-7-44-38(40)41)32(60)51-26(37(65)66)10-21-13-43-16-46-21/h12-13,15-19,22-27,29,54-55H,5-11,14,39H2,1-4H3,(H,42,45)(H,43,46)(H,47,63)(H,48,64)(H,49,58)(H,50,61)(H,51,60)(H,52,59)(H,53,62)(H,56,57)(H,65,66)(H4,40,41,44)/t18-,19+,22-,23-,24-,25-,26-,27-,29-/m0/s1. The van der Waals surface area contributed by atoms with Crippen LogP contribution in [0.1, 0.15) is 64.8 Å². The van der Waals surface area contributed by atoms with E-state index < -0.39 is 121 Å². The fraction of sp³-hybridized carbons (Fsp3) is 0.579. The van der Waals surface area contributed by atoms with E-state index in [0.717, 1.165) is 0 Å². The number of carbonyl (C=O) groups is 9. The SMILES string of the molecule is CC(C)C[C@H](NC(=O)[C@H](Cc1cnc[nH]1)NC(=O)[C@H](C)NC(=O)[C@H](CO)NC(=O)[C@@H](N)CC(=O)O)C(=O)N[C@H](C(=O)N[C@@H](CCCN=C(N)N)C(=O)N[C@@H](Cc1cnc[nH]1)C(=O)O)[C@@H](C)O. The summed E-state index contributed by atoms with van der Waals surface area (Å²) in [7, 11) is 0. The number of rotatable bonds is 29. The molecule has 0 aliphatic carbocycles. The molecule has 0 aliphatic heterocycles. The fourth-order valence-electron chi connectivity index (χ4n) is 6.01. The average molecular weight is 936 g/mol. The molecular weight excluding hydrogens is 875 g/mol. The van der Waals surface area contributed by atoms with Crippen LogP contribution in [0.25, 0.3) is 0 Å². The van der Waals surface area contributed by atoms with Crippen LogP contribution in [0.15, 0.2) is 30.0 Å². The van der Waals surface area contributed by atoms with Crippen molar-refractivity contribution in [3.8, 4) is 0 Å². The number of carboxylic acids is 2. The van der Waals surface area contributed by atoms with Gasteiger partial charge in [-0.1, -0.05) is 13.8 Å². The number of nitrogens with two attached hydrogens (primary N) is 3. The Balaban J connectivity index is 2.29. The maximum absolute atomic E-state index is 13.9. The van der Waals surface area contributed by atoms with Gasteiger partial charge in [-0.05, 0) is 39.0 Å². The molecule has 0 bridgehead atoms. The van der Waals surface area contributed by atoms with E-state index in [-0.39, 0.29) is 50.5 Å². The lowest BCUT2D eigenvalue weighted by molar-refractivity contribution is -0.142. The van der Waals surface area contributed by atoms with Crippen LogP contribution in [-0.2, 0) is 56.0 Å². The summed E-state index contributed by atoms with van der Waals surface area (Å²) in [5.41, 5.74) is 17.1. The first-order chi connectivity index (χ1) is 31.0. The summed E-state index contributed by atoms with van der Waals surface area (Å²) in [5, 5.41) is 55.8. The number of nitrogens with zero attached hydrogens (tertiary/aromatic N) is 3. The number of hydrogen-bond acceptors (Lipinski definition) is 15. The van der Waals surface area contributed by atoms with Crippen LogP contribution >= 0.6 is 0 Å². The van der Waals surface area contributed by atoms with Gasteiger partial charge in [-0.3, -0.25) is 43.3 Å². The number of aliphatic hydroxyl groups excluding tert-OH is 2. The quantitative estimate of drug-likeness (QED) is 0.0205. The summed E-state index contributed by atoms with van der Waals surface area (Å²) in [6.45, 7) is 4.93. The van der Waals surface area contributed by atoms with Gasteiger partial charge in [-0.15, -0.1) is 0 Å². The number of H-pyrrole nitrogens is 2. The van der Waals surface area contributed by atoms with E-state index in [2.05, 4.69) is 62.1 Å². The lowest BCUT2D eigenvalue weighted by Gasteiger charge is -2.28. The second-order valence-corrected chi connectivity index (χ2v) is 15.6. The molecule has 19 N–H and O–H groups in total. The van der Waals surface area contributed by atoms with Gasteiger partial charge in [0.1, 0.15) is 42.3 Å². The van der Waals surface area contributed by atoms with Crippen molar-refractivity contribution in [3.63, 3.8) is 0 Å². The van der Waals surface area contributed by atoms with E-state index >= 15 is 0 Å². The molecule has 66 heavy (non-hydrogen) atoms. The maximum Gasteiger partial charge on any atom is 0.326 e. The summed E-state index contributed by atoms with van der Waals surface area (Å²) in [5.74, 6) is -10.2. The Morgan fingerprint density at radius 2 is 1.17 bits per heavy atom. The smallest absolute Gasteiger partial charge is 0.326 e. The predicted molar refractivity (Wildman–Crippen MR) is 230 cm³/mol. The summed E-state index contributed by atoms with van der Waals surface area (Å²) in [6, 6.07) is -12.0.